The number of nitrogens with one attached hydrogen (secondary N) is 2. The van der Waals surface area contributed by atoms with Gasteiger partial charge >= 0.3 is 12.0 Å². The zero-order chi connectivity index (χ0) is 30.6. The minimum Gasteiger partial charge on any atom is -0.496 e. The van der Waals surface area contributed by atoms with Gasteiger partial charge in [0.2, 0.25) is 11.8 Å². The van der Waals surface area contributed by atoms with Gasteiger partial charge in [-0.25, -0.2) is 4.79 Å². The van der Waals surface area contributed by atoms with E-state index in [9.17, 15) is 19.2 Å². The lowest BCUT2D eigenvalue weighted by Crippen LogP contribution is -2.42. The van der Waals surface area contributed by atoms with E-state index in [0.717, 1.165) is 11.1 Å². The molecule has 0 unspecified atom stereocenters. The summed E-state index contributed by atoms with van der Waals surface area (Å²) in [6.07, 6.45) is -0.251. The average molecular weight is 577 g/mol. The lowest BCUT2D eigenvalue weighted by Gasteiger charge is -2.26. The first-order valence-corrected chi connectivity index (χ1v) is 13.3. The molecule has 11 heteroatoms. The summed E-state index contributed by atoms with van der Waals surface area (Å²) in [6.45, 7) is 1.78. The van der Waals surface area contributed by atoms with Crippen molar-refractivity contribution in [3.8, 4) is 11.5 Å². The molecule has 4 amide bonds. The van der Waals surface area contributed by atoms with Crippen LogP contribution in [0.5, 0.6) is 11.5 Å². The second kappa shape index (κ2) is 15.1. The average Bonchev–Trinajstić information content (AvgIpc) is 2.97. The molecule has 0 bridgehead atoms. The van der Waals surface area contributed by atoms with Crippen LogP contribution in [0.15, 0.2) is 66.7 Å². The van der Waals surface area contributed by atoms with E-state index >= 15 is 0 Å². The van der Waals surface area contributed by atoms with E-state index in [0.29, 0.717) is 28.4 Å². The van der Waals surface area contributed by atoms with Gasteiger partial charge in [-0.2, -0.15) is 0 Å². The van der Waals surface area contributed by atoms with Gasteiger partial charge in [-0.1, -0.05) is 42.5 Å². The number of aryl methyl sites for hydroxylation is 1. The van der Waals surface area contributed by atoms with E-state index in [-0.39, 0.29) is 38.4 Å². The number of nitrogens with zero attached hydrogens (tertiary/aromatic N) is 2. The highest BCUT2D eigenvalue weighted by Crippen LogP contribution is 2.27. The van der Waals surface area contributed by atoms with Crippen molar-refractivity contribution in [2.75, 3.05) is 45.0 Å². The molecule has 0 radical (unpaired) electrons. The second-order valence-corrected chi connectivity index (χ2v) is 9.63. The van der Waals surface area contributed by atoms with Crippen molar-refractivity contribution in [2.24, 2.45) is 0 Å². The summed E-state index contributed by atoms with van der Waals surface area (Å²) in [5, 5.41) is 14.7. The molecule has 3 N–H and O–H groups in total. The maximum absolute atomic E-state index is 13.2. The van der Waals surface area contributed by atoms with Crippen molar-refractivity contribution in [1.29, 1.82) is 0 Å². The van der Waals surface area contributed by atoms with Gasteiger partial charge in [0.15, 0.2) is 0 Å². The number of hydrogen-bond donors (Lipinski definition) is 3. The van der Waals surface area contributed by atoms with Crippen LogP contribution < -0.4 is 20.1 Å². The Morgan fingerprint density at radius 1 is 0.833 bits per heavy atom. The van der Waals surface area contributed by atoms with Crippen LogP contribution in [0.3, 0.4) is 0 Å². The summed E-state index contributed by atoms with van der Waals surface area (Å²) < 4.78 is 10.8. The van der Waals surface area contributed by atoms with Crippen LogP contribution >= 0.6 is 0 Å². The number of hydrogen-bond acceptors (Lipinski definition) is 6. The van der Waals surface area contributed by atoms with Crippen LogP contribution in [0.2, 0.25) is 0 Å². The van der Waals surface area contributed by atoms with Gasteiger partial charge in [-0.05, 0) is 42.3 Å². The summed E-state index contributed by atoms with van der Waals surface area (Å²) in [7, 11) is 4.50. The monoisotopic (exact) mass is 576 g/mol. The number of aliphatic carboxylic acids is 1. The molecular formula is C31H36N4O7. The number of rotatable bonds is 13. The number of para-hydroxylation sites is 2. The molecule has 11 nitrogen and oxygen atoms in total. The molecule has 0 atom stereocenters. The first-order chi connectivity index (χ1) is 20.1. The number of carbonyl (C=O) groups excluding carboxylic acids is 3. The smallest absolute Gasteiger partial charge is 0.323 e. The minimum absolute atomic E-state index is 0.0164. The zero-order valence-corrected chi connectivity index (χ0v) is 24.2. The summed E-state index contributed by atoms with van der Waals surface area (Å²) in [5.74, 6) is -0.796. The Kier molecular flexibility index (Phi) is 11.3. The summed E-state index contributed by atoms with van der Waals surface area (Å²) >= 11 is 0. The number of carboxylic acids is 1. The molecule has 0 fully saturated rings. The molecule has 42 heavy (non-hydrogen) atoms. The Bertz CT molecular complexity index is 1430. The van der Waals surface area contributed by atoms with Crippen LogP contribution in [0.4, 0.5) is 16.2 Å². The molecule has 3 aromatic carbocycles. The van der Waals surface area contributed by atoms with Crippen molar-refractivity contribution in [3.05, 3.63) is 83.4 Å². The lowest BCUT2D eigenvalue weighted by molar-refractivity contribution is -0.141. The molecule has 3 aromatic rings. The van der Waals surface area contributed by atoms with Gasteiger partial charge in [-0.3, -0.25) is 14.4 Å². The summed E-state index contributed by atoms with van der Waals surface area (Å²) in [4.78, 5) is 52.6. The quantitative estimate of drug-likeness (QED) is 0.278. The van der Waals surface area contributed by atoms with Crippen LogP contribution in [-0.4, -0.2) is 73.1 Å². The van der Waals surface area contributed by atoms with Crippen molar-refractivity contribution in [3.63, 3.8) is 0 Å². The SMILES string of the molecule is COc1ccccc1CN(CCC(=O)O)C(=O)CN(C)C(=O)Cc1ccc(NC(=O)Nc2ccccc2C)c(OC)c1. The number of likely N-dealkylation sites (N-methyl/N-ethyl adjacent to an activating group) is 1. The van der Waals surface area contributed by atoms with Crippen molar-refractivity contribution < 1.29 is 33.8 Å². The van der Waals surface area contributed by atoms with Crippen molar-refractivity contribution >= 4 is 35.2 Å². The fraction of sp³-hybridized carbons (Fsp3) is 0.290. The number of amides is 4. The Morgan fingerprint density at radius 3 is 2.19 bits per heavy atom. The second-order valence-electron chi connectivity index (χ2n) is 9.63. The van der Waals surface area contributed by atoms with E-state index < -0.39 is 17.9 Å². The van der Waals surface area contributed by atoms with E-state index in [2.05, 4.69) is 10.6 Å². The molecule has 0 aliphatic heterocycles. The Balaban J connectivity index is 1.63. The molecule has 3 rings (SSSR count). The van der Waals surface area contributed by atoms with Crippen LogP contribution in [0.1, 0.15) is 23.1 Å². The van der Waals surface area contributed by atoms with Gasteiger partial charge in [0.05, 0.1) is 39.3 Å². The number of benzene rings is 3. The predicted octanol–water partition coefficient (Wildman–Crippen LogP) is 4.16. The van der Waals surface area contributed by atoms with E-state index in [4.69, 9.17) is 14.6 Å². The van der Waals surface area contributed by atoms with Crippen molar-refractivity contribution in [2.45, 2.75) is 26.3 Å². The largest absolute Gasteiger partial charge is 0.496 e. The topological polar surface area (TPSA) is 138 Å². The fourth-order valence-electron chi connectivity index (χ4n) is 4.20. The van der Waals surface area contributed by atoms with Crippen LogP contribution in [-0.2, 0) is 27.3 Å². The standard InChI is InChI=1S/C31H36N4O7/c1-21-9-5-7-11-24(21)32-31(40)33-25-14-13-22(17-27(25)42-4)18-28(36)34(2)20-29(37)35(16-15-30(38)39)19-23-10-6-8-12-26(23)41-3/h5-14,17H,15-16,18-20H2,1-4H3,(H,38,39)(H2,32,33,40). The van der Waals surface area contributed by atoms with Gasteiger partial charge in [0, 0.05) is 31.4 Å². The molecule has 0 heterocycles. The number of urea groups is 1. The highest BCUT2D eigenvalue weighted by atomic mass is 16.5. The Morgan fingerprint density at radius 2 is 1.50 bits per heavy atom. The molecule has 0 aliphatic rings. The number of carboxylic acid groups (broad SMARTS) is 1. The first-order valence-electron chi connectivity index (χ1n) is 13.3. The number of methoxy groups -OCH3 is 2. The molecular weight excluding hydrogens is 540 g/mol. The first kappa shape index (κ1) is 31.5. The van der Waals surface area contributed by atoms with E-state index in [1.807, 2.05) is 25.1 Å². The van der Waals surface area contributed by atoms with Crippen LogP contribution in [0.25, 0.3) is 0 Å². The van der Waals surface area contributed by atoms with Crippen LogP contribution in [0, 0.1) is 6.92 Å². The molecule has 0 saturated carbocycles. The van der Waals surface area contributed by atoms with E-state index in [1.165, 1.54) is 31.1 Å². The summed E-state index contributed by atoms with van der Waals surface area (Å²) in [6, 6.07) is 19.1. The Hall–Kier alpha value is -5.06. The summed E-state index contributed by atoms with van der Waals surface area (Å²) in [5.41, 5.74) is 3.37. The zero-order valence-electron chi connectivity index (χ0n) is 24.2. The number of carbonyl (C=O) groups is 4. The third kappa shape index (κ3) is 8.98. The van der Waals surface area contributed by atoms with Gasteiger partial charge in [0.25, 0.3) is 0 Å². The lowest BCUT2D eigenvalue weighted by atomic mass is 10.1. The molecule has 222 valence electrons. The molecule has 0 aromatic heterocycles. The highest BCUT2D eigenvalue weighted by molar-refractivity contribution is 6.01. The van der Waals surface area contributed by atoms with E-state index in [1.54, 1.807) is 48.5 Å². The molecule has 0 saturated heterocycles. The van der Waals surface area contributed by atoms with Gasteiger partial charge in [-0.15, -0.1) is 0 Å². The highest BCUT2D eigenvalue weighted by Gasteiger charge is 2.21. The maximum Gasteiger partial charge on any atom is 0.323 e. The number of anilines is 2. The Labute approximate surface area is 245 Å². The third-order valence-electron chi connectivity index (χ3n) is 6.56. The normalized spacial score (nSPS) is 10.4. The third-order valence-corrected chi connectivity index (χ3v) is 6.56. The van der Waals surface area contributed by atoms with Crippen molar-refractivity contribution in [1.82, 2.24) is 9.80 Å². The van der Waals surface area contributed by atoms with Gasteiger partial charge in [0.1, 0.15) is 11.5 Å². The number of ether oxygens (including phenoxy) is 2. The molecule has 0 spiro atoms. The fourth-order valence-corrected chi connectivity index (χ4v) is 4.20. The minimum atomic E-state index is -1.03. The van der Waals surface area contributed by atoms with Gasteiger partial charge < -0.3 is 35.0 Å². The molecule has 0 aliphatic carbocycles. The predicted molar refractivity (Wildman–Crippen MR) is 159 cm³/mol. The maximum atomic E-state index is 13.2.